The van der Waals surface area contributed by atoms with Crippen LogP contribution in [0.5, 0.6) is 0 Å². The van der Waals surface area contributed by atoms with E-state index in [1.54, 1.807) is 0 Å². The summed E-state index contributed by atoms with van der Waals surface area (Å²) in [5.74, 6) is 0.871. The number of hydrogen-bond donors (Lipinski definition) is 1. The Morgan fingerprint density at radius 1 is 1.44 bits per heavy atom. The zero-order valence-corrected chi connectivity index (χ0v) is 14.3. The molecule has 1 aromatic carbocycles. The first-order chi connectivity index (χ1) is 12.1. The molecule has 2 aromatic heterocycles. The molecule has 1 saturated carbocycles. The third-order valence-electron chi connectivity index (χ3n) is 4.58. The van der Waals surface area contributed by atoms with Gasteiger partial charge < -0.3 is 10.2 Å². The lowest BCUT2D eigenvalue weighted by Gasteiger charge is -2.21. The normalized spacial score (nSPS) is 13.8. The molecule has 1 amide bonds. The minimum absolute atomic E-state index is 0.0181. The molecule has 1 aliphatic rings. The summed E-state index contributed by atoms with van der Waals surface area (Å²) in [4.78, 5) is 18.7. The lowest BCUT2D eigenvalue weighted by atomic mass is 10.1. The number of para-hydroxylation sites is 2. The lowest BCUT2D eigenvalue weighted by Crippen LogP contribution is -2.37. The molecule has 0 unspecified atom stereocenters. The van der Waals surface area contributed by atoms with E-state index in [4.69, 9.17) is 0 Å². The van der Waals surface area contributed by atoms with Gasteiger partial charge in [-0.05, 0) is 43.5 Å². The first-order valence-electron chi connectivity index (χ1n) is 8.40. The molecule has 0 atom stereocenters. The number of nitrogens with zero attached hydrogens (tertiary/aromatic N) is 4. The molecule has 0 radical (unpaired) electrons. The van der Waals surface area contributed by atoms with E-state index in [9.17, 15) is 10.1 Å². The zero-order valence-electron chi connectivity index (χ0n) is 14.3. The van der Waals surface area contributed by atoms with Crippen LogP contribution >= 0.6 is 0 Å². The van der Waals surface area contributed by atoms with E-state index in [0.717, 1.165) is 35.3 Å². The van der Waals surface area contributed by atoms with Gasteiger partial charge in [0.15, 0.2) is 5.65 Å². The van der Waals surface area contributed by atoms with Gasteiger partial charge in [-0.15, -0.1) is 0 Å². The zero-order chi connectivity index (χ0) is 17.6. The Kier molecular flexibility index (Phi) is 3.57. The van der Waals surface area contributed by atoms with Crippen molar-refractivity contribution < 1.29 is 4.79 Å². The third-order valence-corrected chi connectivity index (χ3v) is 4.58. The van der Waals surface area contributed by atoms with Crippen LogP contribution in [0.25, 0.3) is 16.7 Å². The second-order valence-corrected chi connectivity index (χ2v) is 6.63. The van der Waals surface area contributed by atoms with E-state index < -0.39 is 0 Å². The second-order valence-electron chi connectivity index (χ2n) is 6.63. The van der Waals surface area contributed by atoms with Gasteiger partial charge in [0.2, 0.25) is 5.91 Å². The number of aryl methyl sites for hydroxylation is 1. The van der Waals surface area contributed by atoms with Gasteiger partial charge >= 0.3 is 0 Å². The number of carbonyl (C=O) groups excluding carboxylic acids is 1. The largest absolute Gasteiger partial charge is 0.352 e. The topological polar surface area (TPSA) is 73.4 Å². The molecule has 3 aromatic rings. The molecular weight excluding hydrogens is 314 g/mol. The maximum Gasteiger partial charge on any atom is 0.239 e. The van der Waals surface area contributed by atoms with Crippen molar-refractivity contribution in [2.75, 3.05) is 18.5 Å². The number of imidazole rings is 1. The fourth-order valence-corrected chi connectivity index (χ4v) is 3.15. The third kappa shape index (κ3) is 2.68. The van der Waals surface area contributed by atoms with Gasteiger partial charge in [0, 0.05) is 13.1 Å². The summed E-state index contributed by atoms with van der Waals surface area (Å²) in [7, 11) is 1.89. The van der Waals surface area contributed by atoms with E-state index in [1.165, 1.54) is 0 Å². The van der Waals surface area contributed by atoms with Crippen molar-refractivity contribution in [1.29, 1.82) is 5.26 Å². The van der Waals surface area contributed by atoms with Gasteiger partial charge in [-0.25, -0.2) is 4.98 Å². The summed E-state index contributed by atoms with van der Waals surface area (Å²) >= 11 is 0. The molecule has 25 heavy (non-hydrogen) atoms. The Hall–Kier alpha value is -3.07. The minimum atomic E-state index is 0.0181. The Balaban J connectivity index is 1.84. The van der Waals surface area contributed by atoms with E-state index in [2.05, 4.69) is 16.4 Å². The average Bonchev–Trinajstić information content (AvgIpc) is 3.31. The molecule has 1 N–H and O–H groups in total. The van der Waals surface area contributed by atoms with Gasteiger partial charge in [0.1, 0.15) is 11.9 Å². The molecule has 0 spiro atoms. The Morgan fingerprint density at radius 2 is 2.20 bits per heavy atom. The van der Waals surface area contributed by atoms with Crippen molar-refractivity contribution in [1.82, 2.24) is 14.7 Å². The van der Waals surface area contributed by atoms with Crippen molar-refractivity contribution >= 4 is 28.4 Å². The van der Waals surface area contributed by atoms with Gasteiger partial charge in [0.25, 0.3) is 0 Å². The Morgan fingerprint density at radius 3 is 2.92 bits per heavy atom. The summed E-state index contributed by atoms with van der Waals surface area (Å²) in [5, 5.41) is 12.6. The van der Waals surface area contributed by atoms with Gasteiger partial charge in [-0.1, -0.05) is 12.1 Å². The van der Waals surface area contributed by atoms with Crippen LogP contribution in [0.2, 0.25) is 0 Å². The van der Waals surface area contributed by atoms with E-state index >= 15 is 0 Å². The number of carbonyl (C=O) groups is 1. The summed E-state index contributed by atoms with van der Waals surface area (Å²) < 4.78 is 1.96. The van der Waals surface area contributed by atoms with Crippen LogP contribution in [0, 0.1) is 18.3 Å². The summed E-state index contributed by atoms with van der Waals surface area (Å²) in [6, 6.07) is 12.3. The van der Waals surface area contributed by atoms with Crippen molar-refractivity contribution in [2.24, 2.45) is 0 Å². The molecule has 1 aliphatic carbocycles. The Labute approximate surface area is 145 Å². The molecule has 0 bridgehead atoms. The molecule has 0 saturated heterocycles. The number of pyridine rings is 1. The predicted molar refractivity (Wildman–Crippen MR) is 96.6 cm³/mol. The van der Waals surface area contributed by atoms with Gasteiger partial charge in [-0.3, -0.25) is 9.20 Å². The van der Waals surface area contributed by atoms with E-state index in [0.29, 0.717) is 17.3 Å². The van der Waals surface area contributed by atoms with Gasteiger partial charge in [0.05, 0.1) is 23.1 Å². The molecule has 2 heterocycles. The van der Waals surface area contributed by atoms with Crippen LogP contribution in [-0.2, 0) is 4.79 Å². The highest BCUT2D eigenvalue weighted by Crippen LogP contribution is 2.28. The van der Waals surface area contributed by atoms with Crippen molar-refractivity contribution in [2.45, 2.75) is 25.8 Å². The van der Waals surface area contributed by atoms with Crippen LogP contribution in [0.1, 0.15) is 24.0 Å². The van der Waals surface area contributed by atoms with Gasteiger partial charge in [-0.2, -0.15) is 5.26 Å². The van der Waals surface area contributed by atoms with Crippen LogP contribution in [0.4, 0.5) is 5.82 Å². The van der Waals surface area contributed by atoms with Crippen LogP contribution < -0.4 is 10.2 Å². The number of likely N-dealkylation sites (N-methyl/N-ethyl adjacent to an activating group) is 1. The van der Waals surface area contributed by atoms with E-state index in [1.807, 2.05) is 53.6 Å². The smallest absolute Gasteiger partial charge is 0.239 e. The summed E-state index contributed by atoms with van der Waals surface area (Å²) in [6.07, 6.45) is 2.14. The maximum atomic E-state index is 12.2. The van der Waals surface area contributed by atoms with Crippen LogP contribution in [0.15, 0.2) is 30.3 Å². The molecule has 1 fully saturated rings. The number of hydrogen-bond acceptors (Lipinski definition) is 4. The standard InChI is InChI=1S/C19H19N5O/c1-12-9-18(23(2)11-17(25)21-13-7-8-13)24-16-6-4-3-5-15(16)22-19(24)14(12)10-20/h3-6,9,13H,7-8,11H2,1-2H3,(H,21,25). The highest BCUT2D eigenvalue weighted by molar-refractivity contribution is 5.87. The number of rotatable bonds is 4. The molecule has 0 aliphatic heterocycles. The number of benzene rings is 1. The first kappa shape index (κ1) is 15.5. The number of nitrogens with one attached hydrogen (secondary N) is 1. The van der Waals surface area contributed by atoms with Crippen molar-refractivity contribution in [3.63, 3.8) is 0 Å². The van der Waals surface area contributed by atoms with E-state index in [-0.39, 0.29) is 12.5 Å². The number of amides is 1. The predicted octanol–water partition coefficient (Wildman–Crippen LogP) is 2.38. The first-order valence-corrected chi connectivity index (χ1v) is 8.40. The lowest BCUT2D eigenvalue weighted by molar-refractivity contribution is -0.119. The number of aromatic nitrogens is 2. The number of anilines is 1. The van der Waals surface area contributed by atoms with Crippen LogP contribution in [-0.4, -0.2) is 34.9 Å². The average molecular weight is 333 g/mol. The number of nitriles is 1. The summed E-state index contributed by atoms with van der Waals surface area (Å²) in [5.41, 5.74) is 3.82. The quantitative estimate of drug-likeness (QED) is 0.795. The molecule has 4 rings (SSSR count). The highest BCUT2D eigenvalue weighted by atomic mass is 16.2. The SMILES string of the molecule is Cc1cc(N(C)CC(=O)NC2CC2)n2c(nc3ccccc32)c1C#N. The molecule has 126 valence electrons. The molecular formula is C19H19N5O. The monoisotopic (exact) mass is 333 g/mol. The fraction of sp³-hybridized carbons (Fsp3) is 0.316. The Bertz CT molecular complexity index is 1030. The van der Waals surface area contributed by atoms with Crippen molar-refractivity contribution in [3.8, 4) is 6.07 Å². The molecule has 6 heteroatoms. The maximum absolute atomic E-state index is 12.2. The highest BCUT2D eigenvalue weighted by Gasteiger charge is 2.24. The number of fused-ring (bicyclic) bond motifs is 3. The molecule has 6 nitrogen and oxygen atoms in total. The van der Waals surface area contributed by atoms with Crippen LogP contribution in [0.3, 0.4) is 0 Å². The fourth-order valence-electron chi connectivity index (χ4n) is 3.15. The minimum Gasteiger partial charge on any atom is -0.352 e. The second kappa shape index (κ2) is 5.78. The summed E-state index contributed by atoms with van der Waals surface area (Å²) in [6.45, 7) is 2.17. The van der Waals surface area contributed by atoms with Crippen molar-refractivity contribution in [3.05, 3.63) is 41.5 Å².